The van der Waals surface area contributed by atoms with Gasteiger partial charge in [0.05, 0.1) is 24.7 Å². The van der Waals surface area contributed by atoms with Crippen molar-refractivity contribution >= 4 is 17.9 Å². The van der Waals surface area contributed by atoms with Crippen LogP contribution in [0.2, 0.25) is 0 Å². The van der Waals surface area contributed by atoms with Crippen molar-refractivity contribution in [3.63, 3.8) is 0 Å². The quantitative estimate of drug-likeness (QED) is 0.304. The highest BCUT2D eigenvalue weighted by atomic mass is 16.6. The van der Waals surface area contributed by atoms with Crippen molar-refractivity contribution < 1.29 is 43.9 Å². The lowest BCUT2D eigenvalue weighted by atomic mass is 9.89. The third kappa shape index (κ3) is 5.73. The first-order chi connectivity index (χ1) is 10.7. The van der Waals surface area contributed by atoms with E-state index in [2.05, 4.69) is 4.74 Å². The molecule has 3 N–H and O–H groups in total. The Bertz CT molecular complexity index is 468. The maximum atomic E-state index is 12.1. The third-order valence-corrected chi connectivity index (χ3v) is 2.65. The predicted octanol–water partition coefficient (Wildman–Crippen LogP) is -0.357. The summed E-state index contributed by atoms with van der Waals surface area (Å²) in [6, 6.07) is 0. The standard InChI is InChI=1S/C15H26O9/c1-8(2)22-11(16)7-14(19,12(17)23-9(3)4)15(20,21)13(18)24-10(5)6/h8-10,19-21H,7H2,1-6H3. The molecule has 9 nitrogen and oxygen atoms in total. The lowest BCUT2D eigenvalue weighted by Gasteiger charge is -2.35. The van der Waals surface area contributed by atoms with Crippen molar-refractivity contribution in [2.45, 2.75) is 77.7 Å². The molecule has 24 heavy (non-hydrogen) atoms. The van der Waals surface area contributed by atoms with Crippen LogP contribution in [0.25, 0.3) is 0 Å². The number of rotatable bonds is 8. The molecule has 0 aliphatic rings. The summed E-state index contributed by atoms with van der Waals surface area (Å²) in [4.78, 5) is 35.8. The molecule has 0 aliphatic carbocycles. The minimum atomic E-state index is -3.71. The van der Waals surface area contributed by atoms with E-state index in [-0.39, 0.29) is 0 Å². The van der Waals surface area contributed by atoms with Crippen LogP contribution < -0.4 is 0 Å². The number of aliphatic hydroxyl groups is 3. The van der Waals surface area contributed by atoms with Gasteiger partial charge in [0.25, 0.3) is 0 Å². The van der Waals surface area contributed by atoms with Gasteiger partial charge in [-0.05, 0) is 41.5 Å². The first kappa shape index (κ1) is 22.3. The molecule has 0 spiro atoms. The molecule has 0 radical (unpaired) electrons. The van der Waals surface area contributed by atoms with E-state index in [1.54, 1.807) is 0 Å². The van der Waals surface area contributed by atoms with Gasteiger partial charge in [-0.25, -0.2) is 9.59 Å². The van der Waals surface area contributed by atoms with E-state index >= 15 is 0 Å². The Morgan fingerprint density at radius 1 is 0.750 bits per heavy atom. The average molecular weight is 350 g/mol. The Morgan fingerprint density at radius 3 is 1.50 bits per heavy atom. The van der Waals surface area contributed by atoms with Gasteiger partial charge in [0.2, 0.25) is 5.60 Å². The van der Waals surface area contributed by atoms with Crippen LogP contribution in [0, 0.1) is 0 Å². The minimum absolute atomic E-state index is 0.586. The zero-order chi connectivity index (χ0) is 19.3. The molecule has 0 aromatic heterocycles. The number of carbonyl (C=O) groups is 3. The number of ether oxygens (including phenoxy) is 3. The Kier molecular flexibility index (Phi) is 7.81. The fourth-order valence-electron chi connectivity index (χ4n) is 1.63. The van der Waals surface area contributed by atoms with Crippen molar-refractivity contribution in [1.29, 1.82) is 0 Å². The van der Waals surface area contributed by atoms with Gasteiger partial charge in [-0.3, -0.25) is 4.79 Å². The number of carbonyl (C=O) groups excluding carboxylic acids is 3. The number of hydrogen-bond donors (Lipinski definition) is 3. The Labute approximate surface area is 140 Å². The maximum Gasteiger partial charge on any atom is 0.370 e. The molecule has 0 bridgehead atoms. The van der Waals surface area contributed by atoms with E-state index < -0.39 is 54.0 Å². The number of hydrogen-bond acceptors (Lipinski definition) is 9. The summed E-state index contributed by atoms with van der Waals surface area (Å²) in [7, 11) is 0. The van der Waals surface area contributed by atoms with Gasteiger partial charge >= 0.3 is 23.7 Å². The van der Waals surface area contributed by atoms with Gasteiger partial charge in [0.15, 0.2) is 0 Å². The highest BCUT2D eigenvalue weighted by Crippen LogP contribution is 2.29. The topological polar surface area (TPSA) is 140 Å². The van der Waals surface area contributed by atoms with E-state index in [4.69, 9.17) is 9.47 Å². The van der Waals surface area contributed by atoms with Gasteiger partial charge in [0.1, 0.15) is 0 Å². The van der Waals surface area contributed by atoms with E-state index in [1.807, 2.05) is 0 Å². The van der Waals surface area contributed by atoms with Crippen LogP contribution in [0.1, 0.15) is 48.0 Å². The molecule has 0 amide bonds. The summed E-state index contributed by atoms with van der Waals surface area (Å²) in [6.07, 6.45) is -3.31. The number of esters is 3. The van der Waals surface area contributed by atoms with Gasteiger partial charge in [-0.1, -0.05) is 0 Å². The third-order valence-electron chi connectivity index (χ3n) is 2.65. The summed E-state index contributed by atoms with van der Waals surface area (Å²) in [6.45, 7) is 8.75. The second-order valence-electron chi connectivity index (χ2n) is 6.16. The van der Waals surface area contributed by atoms with E-state index in [1.165, 1.54) is 41.5 Å². The lowest BCUT2D eigenvalue weighted by Crippen LogP contribution is -2.66. The van der Waals surface area contributed by atoms with Crippen molar-refractivity contribution in [1.82, 2.24) is 0 Å². The van der Waals surface area contributed by atoms with E-state index in [0.29, 0.717) is 0 Å². The molecule has 140 valence electrons. The zero-order valence-corrected chi connectivity index (χ0v) is 14.7. The van der Waals surface area contributed by atoms with Crippen molar-refractivity contribution in [2.24, 2.45) is 0 Å². The molecule has 9 heteroatoms. The molecule has 0 aromatic rings. The van der Waals surface area contributed by atoms with Crippen LogP contribution in [0.4, 0.5) is 0 Å². The zero-order valence-electron chi connectivity index (χ0n) is 14.7. The van der Waals surface area contributed by atoms with Crippen LogP contribution in [0.3, 0.4) is 0 Å². The molecule has 1 atom stereocenters. The van der Waals surface area contributed by atoms with Crippen molar-refractivity contribution in [3.8, 4) is 0 Å². The maximum absolute atomic E-state index is 12.1. The second kappa shape index (κ2) is 8.41. The van der Waals surface area contributed by atoms with E-state index in [9.17, 15) is 29.7 Å². The molecule has 0 rings (SSSR count). The lowest BCUT2D eigenvalue weighted by molar-refractivity contribution is -0.279. The van der Waals surface area contributed by atoms with Crippen LogP contribution in [0.5, 0.6) is 0 Å². The van der Waals surface area contributed by atoms with E-state index in [0.717, 1.165) is 0 Å². The molecule has 0 aromatic carbocycles. The summed E-state index contributed by atoms with van der Waals surface area (Å²) in [5, 5.41) is 30.5. The van der Waals surface area contributed by atoms with Gasteiger partial charge in [-0.2, -0.15) is 0 Å². The molecule has 0 fully saturated rings. The molecular formula is C15H26O9. The molecule has 0 saturated carbocycles. The molecule has 0 saturated heterocycles. The van der Waals surface area contributed by atoms with Gasteiger partial charge in [-0.15, -0.1) is 0 Å². The molecule has 0 heterocycles. The smallest absolute Gasteiger partial charge is 0.370 e. The first-order valence-electron chi connectivity index (χ1n) is 7.52. The second-order valence-corrected chi connectivity index (χ2v) is 6.16. The van der Waals surface area contributed by atoms with Gasteiger partial charge < -0.3 is 29.5 Å². The van der Waals surface area contributed by atoms with Crippen molar-refractivity contribution in [2.75, 3.05) is 0 Å². The first-order valence-corrected chi connectivity index (χ1v) is 7.52. The van der Waals surface area contributed by atoms with Crippen LogP contribution in [0.15, 0.2) is 0 Å². The SMILES string of the molecule is CC(C)OC(=O)CC(O)(C(=O)OC(C)C)C(O)(O)C(=O)OC(C)C. The Morgan fingerprint density at radius 2 is 1.12 bits per heavy atom. The fraction of sp³-hybridized carbons (Fsp3) is 0.800. The Balaban J connectivity index is 5.71. The summed E-state index contributed by atoms with van der Waals surface area (Å²) < 4.78 is 14.1. The van der Waals surface area contributed by atoms with Crippen LogP contribution >= 0.6 is 0 Å². The normalized spacial score (nSPS) is 14.5. The van der Waals surface area contributed by atoms with Gasteiger partial charge in [0, 0.05) is 0 Å². The Hall–Kier alpha value is -1.71. The highest BCUT2D eigenvalue weighted by Gasteiger charge is 2.63. The summed E-state index contributed by atoms with van der Waals surface area (Å²) in [5.74, 6) is -8.10. The molecular weight excluding hydrogens is 324 g/mol. The fourth-order valence-corrected chi connectivity index (χ4v) is 1.63. The monoisotopic (exact) mass is 350 g/mol. The van der Waals surface area contributed by atoms with Crippen molar-refractivity contribution in [3.05, 3.63) is 0 Å². The predicted molar refractivity (Wildman–Crippen MR) is 80.4 cm³/mol. The van der Waals surface area contributed by atoms with Crippen LogP contribution in [-0.2, 0) is 28.6 Å². The molecule has 1 unspecified atom stereocenters. The summed E-state index contributed by atoms with van der Waals surface area (Å²) >= 11 is 0. The molecule has 0 aliphatic heterocycles. The average Bonchev–Trinajstić information content (AvgIpc) is 2.35. The highest BCUT2D eigenvalue weighted by molar-refractivity contribution is 5.94. The largest absolute Gasteiger partial charge is 0.463 e. The minimum Gasteiger partial charge on any atom is -0.463 e. The van der Waals surface area contributed by atoms with Crippen LogP contribution in [-0.4, -0.2) is 62.9 Å². The summed E-state index contributed by atoms with van der Waals surface area (Å²) in [5.41, 5.74) is -3.30.